The average Bonchev–Trinajstić information content (AvgIpc) is 2.77. The maximum atomic E-state index is 13.5. The number of aryl methyl sites for hydroxylation is 1. The zero-order chi connectivity index (χ0) is 22.7. The Bertz CT molecular complexity index is 1100. The molecular weight excluding hydrogens is 398 g/mol. The molecule has 1 aromatic carbocycles. The van der Waals surface area contributed by atoms with Gasteiger partial charge in [-0.25, -0.2) is 0 Å². The minimum Gasteiger partial charge on any atom is -0.493 e. The number of nitrogens with zero attached hydrogens (tertiary/aromatic N) is 2. The number of ether oxygens (including phenoxy) is 4. The second-order valence-electron chi connectivity index (χ2n) is 7.10. The van der Waals surface area contributed by atoms with E-state index in [0.29, 0.717) is 40.7 Å². The zero-order valence-electron chi connectivity index (χ0n) is 18.4. The first-order valence-electron chi connectivity index (χ1n) is 10.1. The molecule has 3 rings (SSSR count). The first-order valence-corrected chi connectivity index (χ1v) is 10.1. The Balaban J connectivity index is 2.36. The van der Waals surface area contributed by atoms with E-state index < -0.39 is 5.92 Å². The predicted molar refractivity (Wildman–Crippen MR) is 116 cm³/mol. The highest BCUT2D eigenvalue weighted by Gasteiger charge is 2.35. The lowest BCUT2D eigenvalue weighted by atomic mass is 9.83. The van der Waals surface area contributed by atoms with Crippen molar-refractivity contribution in [1.82, 2.24) is 4.57 Å². The van der Waals surface area contributed by atoms with E-state index in [1.54, 1.807) is 16.7 Å². The van der Waals surface area contributed by atoms with Gasteiger partial charge in [-0.3, -0.25) is 4.79 Å². The topological polar surface area (TPSA) is 109 Å². The van der Waals surface area contributed by atoms with Gasteiger partial charge in [0.1, 0.15) is 17.4 Å². The summed E-state index contributed by atoms with van der Waals surface area (Å²) in [6, 6.07) is 7.41. The van der Waals surface area contributed by atoms with E-state index in [-0.39, 0.29) is 17.0 Å². The Morgan fingerprint density at radius 3 is 2.26 bits per heavy atom. The fraction of sp³-hybridized carbons (Fsp3) is 0.391. The van der Waals surface area contributed by atoms with Crippen molar-refractivity contribution in [2.75, 3.05) is 21.3 Å². The number of hydrogen-bond acceptors (Lipinski definition) is 7. The number of hydrogen-bond donors (Lipinski definition) is 1. The van der Waals surface area contributed by atoms with Gasteiger partial charge in [-0.1, -0.05) is 13.3 Å². The molecule has 1 aliphatic rings. The summed E-state index contributed by atoms with van der Waals surface area (Å²) in [7, 11) is 4.53. The third-order valence-electron chi connectivity index (χ3n) is 5.41. The summed E-state index contributed by atoms with van der Waals surface area (Å²) in [4.78, 5) is 13.5. The van der Waals surface area contributed by atoms with Crippen molar-refractivity contribution in [3.63, 3.8) is 0 Å². The van der Waals surface area contributed by atoms with Crippen molar-refractivity contribution < 1.29 is 18.9 Å². The largest absolute Gasteiger partial charge is 0.493 e. The maximum absolute atomic E-state index is 13.5. The van der Waals surface area contributed by atoms with Gasteiger partial charge in [-0.2, -0.15) is 5.26 Å². The second kappa shape index (κ2) is 9.04. The monoisotopic (exact) mass is 425 g/mol. The first kappa shape index (κ1) is 22.1. The molecule has 0 fully saturated rings. The van der Waals surface area contributed by atoms with Crippen LogP contribution in [0.2, 0.25) is 0 Å². The Labute approximate surface area is 181 Å². The van der Waals surface area contributed by atoms with Crippen LogP contribution < -0.4 is 30.2 Å². The van der Waals surface area contributed by atoms with Crippen LogP contribution in [0.3, 0.4) is 0 Å². The number of nitriles is 1. The average molecular weight is 425 g/mol. The normalized spacial score (nSPS) is 15.0. The summed E-state index contributed by atoms with van der Waals surface area (Å²) < 4.78 is 23.8. The molecular formula is C23H27N3O5. The van der Waals surface area contributed by atoms with Crippen LogP contribution in [0.25, 0.3) is 0 Å². The smallest absolute Gasteiger partial charge is 0.258 e. The van der Waals surface area contributed by atoms with E-state index in [1.165, 1.54) is 21.3 Å². The van der Waals surface area contributed by atoms with Gasteiger partial charge >= 0.3 is 0 Å². The molecule has 1 aliphatic heterocycles. The summed E-state index contributed by atoms with van der Waals surface area (Å²) in [6.07, 6.45) is 1.60. The van der Waals surface area contributed by atoms with E-state index in [9.17, 15) is 10.1 Å². The second-order valence-corrected chi connectivity index (χ2v) is 7.10. The van der Waals surface area contributed by atoms with E-state index in [0.717, 1.165) is 18.5 Å². The lowest BCUT2D eigenvalue weighted by molar-refractivity contribution is 0.323. The molecule has 0 aliphatic carbocycles. The summed E-state index contributed by atoms with van der Waals surface area (Å²) in [5.74, 6) is 0.862. The molecule has 0 spiro atoms. The van der Waals surface area contributed by atoms with Crippen molar-refractivity contribution in [1.29, 1.82) is 5.26 Å². The Kier molecular flexibility index (Phi) is 6.44. The van der Waals surface area contributed by atoms with Gasteiger partial charge in [-0.05, 0) is 31.0 Å². The van der Waals surface area contributed by atoms with Gasteiger partial charge in [0, 0.05) is 18.3 Å². The van der Waals surface area contributed by atoms with Crippen molar-refractivity contribution in [3.05, 3.63) is 56.8 Å². The van der Waals surface area contributed by atoms with Crippen LogP contribution in [0.15, 0.2) is 34.4 Å². The molecule has 8 nitrogen and oxygen atoms in total. The van der Waals surface area contributed by atoms with Gasteiger partial charge < -0.3 is 29.2 Å². The Hall–Kier alpha value is -3.60. The van der Waals surface area contributed by atoms with E-state index in [1.807, 2.05) is 19.9 Å². The number of allylic oxidation sites excluding steroid dienone is 1. The molecule has 2 aromatic rings. The number of benzene rings is 1. The summed E-state index contributed by atoms with van der Waals surface area (Å²) in [6.45, 7) is 4.47. The molecule has 2 heterocycles. The minimum atomic E-state index is -0.733. The third-order valence-corrected chi connectivity index (χ3v) is 5.41. The highest BCUT2D eigenvalue weighted by molar-refractivity contribution is 5.61. The van der Waals surface area contributed by atoms with E-state index >= 15 is 0 Å². The van der Waals surface area contributed by atoms with Crippen LogP contribution in [0.5, 0.6) is 23.0 Å². The first-order chi connectivity index (χ1) is 14.9. The fourth-order valence-corrected chi connectivity index (χ4v) is 4.03. The molecule has 0 amide bonds. The predicted octanol–water partition coefficient (Wildman–Crippen LogP) is 3.06. The Morgan fingerprint density at radius 1 is 1.13 bits per heavy atom. The summed E-state index contributed by atoms with van der Waals surface area (Å²) in [5, 5.41) is 9.86. The molecule has 1 atom stereocenters. The third kappa shape index (κ3) is 3.67. The van der Waals surface area contributed by atoms with Crippen molar-refractivity contribution in [2.45, 2.75) is 39.2 Å². The number of fused-ring (bicyclic) bond motifs is 1. The number of rotatable bonds is 7. The van der Waals surface area contributed by atoms with Gasteiger partial charge in [0.15, 0.2) is 11.5 Å². The molecule has 31 heavy (non-hydrogen) atoms. The Morgan fingerprint density at radius 2 is 1.77 bits per heavy atom. The van der Waals surface area contributed by atoms with Crippen LogP contribution >= 0.6 is 0 Å². The number of pyridine rings is 1. The van der Waals surface area contributed by atoms with Crippen LogP contribution in [0.1, 0.15) is 43.0 Å². The molecule has 164 valence electrons. The molecule has 1 aromatic heterocycles. The van der Waals surface area contributed by atoms with Crippen molar-refractivity contribution in [3.8, 4) is 29.1 Å². The lowest BCUT2D eigenvalue weighted by Gasteiger charge is -2.28. The molecule has 8 heteroatoms. The van der Waals surface area contributed by atoms with Crippen LogP contribution in [0, 0.1) is 11.3 Å². The maximum Gasteiger partial charge on any atom is 0.258 e. The summed E-state index contributed by atoms with van der Waals surface area (Å²) in [5.41, 5.74) is 7.91. The van der Waals surface area contributed by atoms with Crippen molar-refractivity contribution >= 4 is 0 Å². The van der Waals surface area contributed by atoms with E-state index in [4.69, 9.17) is 24.7 Å². The van der Waals surface area contributed by atoms with Crippen molar-refractivity contribution in [2.24, 2.45) is 5.73 Å². The molecule has 2 N–H and O–H groups in total. The van der Waals surface area contributed by atoms with Gasteiger partial charge in [0.05, 0.1) is 32.8 Å². The molecule has 0 bridgehead atoms. The summed E-state index contributed by atoms with van der Waals surface area (Å²) >= 11 is 0. The highest BCUT2D eigenvalue weighted by atomic mass is 16.5. The quantitative estimate of drug-likeness (QED) is 0.726. The SMILES string of the molecule is CCCc1cc2c(c(=O)n1CC)C(c1cc(OC)c(OC)c(OC)c1)C(C#N)=C(N)O2. The van der Waals surface area contributed by atoms with Crippen LogP contribution in [0.4, 0.5) is 0 Å². The molecule has 0 radical (unpaired) electrons. The van der Waals surface area contributed by atoms with Crippen LogP contribution in [-0.2, 0) is 13.0 Å². The molecule has 0 saturated carbocycles. The fourth-order valence-electron chi connectivity index (χ4n) is 4.03. The van der Waals surface area contributed by atoms with Gasteiger partial charge in [0.2, 0.25) is 11.6 Å². The minimum absolute atomic E-state index is 0.0233. The van der Waals surface area contributed by atoms with Gasteiger partial charge in [0.25, 0.3) is 5.56 Å². The van der Waals surface area contributed by atoms with E-state index in [2.05, 4.69) is 6.07 Å². The van der Waals surface area contributed by atoms with Crippen LogP contribution in [-0.4, -0.2) is 25.9 Å². The zero-order valence-corrected chi connectivity index (χ0v) is 18.4. The molecule has 1 unspecified atom stereocenters. The standard InChI is InChI=1S/C23H27N3O5/c1-6-8-14-11-16-20(23(27)26(14)7-2)19(15(12-24)22(25)31-16)13-9-17(28-3)21(30-5)18(10-13)29-4/h9-11,19H,6-8,25H2,1-5H3. The lowest BCUT2D eigenvalue weighted by Crippen LogP contribution is -2.33. The van der Waals surface area contributed by atoms with Gasteiger partial charge in [-0.15, -0.1) is 0 Å². The molecule has 0 saturated heterocycles. The highest BCUT2D eigenvalue weighted by Crippen LogP contribution is 2.46. The number of nitrogens with two attached hydrogens (primary N) is 1. The number of aromatic nitrogens is 1. The number of methoxy groups -OCH3 is 3.